The number of hydrogen-bond acceptors (Lipinski definition) is 4. The van der Waals surface area contributed by atoms with E-state index >= 15 is 0 Å². The maximum Gasteiger partial charge on any atom is 0.243 e. The number of halogens is 1. The number of amides is 2. The number of hydrogen-bond donors (Lipinski definition) is 2. The Morgan fingerprint density at radius 3 is 2.17 bits per heavy atom. The van der Waals surface area contributed by atoms with Crippen molar-refractivity contribution >= 4 is 33.2 Å². The molecule has 2 amide bonds. The van der Waals surface area contributed by atoms with Gasteiger partial charge in [0.05, 0.1) is 10.8 Å². The summed E-state index contributed by atoms with van der Waals surface area (Å²) in [5.74, 6) is -1.46. The van der Waals surface area contributed by atoms with Crippen LogP contribution in [0.2, 0.25) is 0 Å². The van der Waals surface area contributed by atoms with Crippen LogP contribution in [0.1, 0.15) is 19.8 Å². The van der Waals surface area contributed by atoms with E-state index in [1.54, 1.807) is 24.3 Å². The Labute approximate surface area is 169 Å². The average Bonchev–Trinajstić information content (AvgIpc) is 2.69. The van der Waals surface area contributed by atoms with Gasteiger partial charge in [-0.25, -0.2) is 12.8 Å². The fourth-order valence-corrected chi connectivity index (χ4v) is 4.74. The van der Waals surface area contributed by atoms with Crippen molar-refractivity contribution in [2.24, 2.45) is 5.92 Å². The molecule has 0 aromatic heterocycles. The molecular formula is C20H22FN3O4S. The number of sulfonamides is 1. The summed E-state index contributed by atoms with van der Waals surface area (Å²) in [4.78, 5) is 23.7. The Morgan fingerprint density at radius 1 is 1.00 bits per heavy atom. The first-order valence-electron chi connectivity index (χ1n) is 9.20. The van der Waals surface area contributed by atoms with Gasteiger partial charge in [-0.15, -0.1) is 0 Å². The highest BCUT2D eigenvalue weighted by molar-refractivity contribution is 7.89. The molecule has 1 heterocycles. The number of carbonyl (C=O) groups excluding carboxylic acids is 2. The average molecular weight is 419 g/mol. The summed E-state index contributed by atoms with van der Waals surface area (Å²) in [6.07, 6.45) is 1.13. The number of anilines is 2. The van der Waals surface area contributed by atoms with E-state index in [-0.39, 0.29) is 23.3 Å². The normalized spacial score (nSPS) is 17.5. The molecule has 0 spiro atoms. The Morgan fingerprint density at radius 2 is 1.59 bits per heavy atom. The minimum atomic E-state index is -3.79. The van der Waals surface area contributed by atoms with E-state index in [0.29, 0.717) is 30.8 Å². The molecule has 0 saturated carbocycles. The van der Waals surface area contributed by atoms with Gasteiger partial charge in [0.1, 0.15) is 5.82 Å². The standard InChI is InChI=1S/C20H22FN3O4S/c1-14(25)22-17-6-8-18(9-7-17)23-20(26)15-3-2-12-24(13-15)29(27,28)19-10-4-16(21)5-11-19/h4-11,15H,2-3,12-13H2,1H3,(H,22,25)(H,23,26)/t15-/m1/s1. The fourth-order valence-electron chi connectivity index (χ4n) is 3.21. The second kappa shape index (κ2) is 8.71. The second-order valence-electron chi connectivity index (χ2n) is 6.90. The molecular weight excluding hydrogens is 397 g/mol. The van der Waals surface area contributed by atoms with Crippen molar-refractivity contribution in [2.45, 2.75) is 24.7 Å². The molecule has 1 saturated heterocycles. The maximum atomic E-state index is 13.1. The first-order chi connectivity index (χ1) is 13.8. The lowest BCUT2D eigenvalue weighted by atomic mass is 9.98. The van der Waals surface area contributed by atoms with Gasteiger partial charge in [0, 0.05) is 31.4 Å². The van der Waals surface area contributed by atoms with Crippen LogP contribution in [0.5, 0.6) is 0 Å². The highest BCUT2D eigenvalue weighted by Crippen LogP contribution is 2.25. The van der Waals surface area contributed by atoms with Gasteiger partial charge >= 0.3 is 0 Å². The zero-order valence-electron chi connectivity index (χ0n) is 15.9. The minimum absolute atomic E-state index is 0.00789. The third-order valence-corrected chi connectivity index (χ3v) is 6.56. The number of nitrogens with zero attached hydrogens (tertiary/aromatic N) is 1. The van der Waals surface area contributed by atoms with Crippen LogP contribution in [0.3, 0.4) is 0 Å². The summed E-state index contributed by atoms with van der Waals surface area (Å²) in [6.45, 7) is 1.79. The highest BCUT2D eigenvalue weighted by atomic mass is 32.2. The molecule has 3 rings (SSSR count). The zero-order valence-corrected chi connectivity index (χ0v) is 16.7. The van der Waals surface area contributed by atoms with E-state index in [9.17, 15) is 22.4 Å². The van der Waals surface area contributed by atoms with E-state index in [1.807, 2.05) is 0 Å². The summed E-state index contributed by atoms with van der Waals surface area (Å²) >= 11 is 0. The highest BCUT2D eigenvalue weighted by Gasteiger charge is 2.33. The smallest absolute Gasteiger partial charge is 0.243 e. The van der Waals surface area contributed by atoms with Crippen molar-refractivity contribution in [3.05, 3.63) is 54.3 Å². The largest absolute Gasteiger partial charge is 0.326 e. The van der Waals surface area contributed by atoms with E-state index in [0.717, 1.165) is 12.1 Å². The van der Waals surface area contributed by atoms with Gasteiger partial charge in [0.25, 0.3) is 0 Å². The number of nitrogens with one attached hydrogen (secondary N) is 2. The van der Waals surface area contributed by atoms with Gasteiger partial charge in [0.15, 0.2) is 0 Å². The van der Waals surface area contributed by atoms with Crippen molar-refractivity contribution in [2.75, 3.05) is 23.7 Å². The summed E-state index contributed by atoms with van der Waals surface area (Å²) in [5, 5.41) is 5.43. The van der Waals surface area contributed by atoms with Gasteiger partial charge in [-0.3, -0.25) is 9.59 Å². The van der Waals surface area contributed by atoms with Crippen molar-refractivity contribution in [3.63, 3.8) is 0 Å². The molecule has 1 fully saturated rings. The lowest BCUT2D eigenvalue weighted by Gasteiger charge is -2.31. The Hall–Kier alpha value is -2.78. The monoisotopic (exact) mass is 419 g/mol. The molecule has 1 atom stereocenters. The van der Waals surface area contributed by atoms with E-state index < -0.39 is 21.8 Å². The van der Waals surface area contributed by atoms with Gasteiger partial charge in [-0.1, -0.05) is 0 Å². The minimum Gasteiger partial charge on any atom is -0.326 e. The first kappa shape index (κ1) is 20.9. The first-order valence-corrected chi connectivity index (χ1v) is 10.6. The number of carbonyl (C=O) groups is 2. The SMILES string of the molecule is CC(=O)Nc1ccc(NC(=O)[C@@H]2CCCN(S(=O)(=O)c3ccc(F)cc3)C2)cc1. The number of benzene rings is 2. The van der Waals surface area contributed by atoms with Crippen LogP contribution in [0, 0.1) is 11.7 Å². The fraction of sp³-hybridized carbons (Fsp3) is 0.300. The van der Waals surface area contributed by atoms with E-state index in [2.05, 4.69) is 10.6 Å². The molecule has 0 unspecified atom stereocenters. The van der Waals surface area contributed by atoms with Gasteiger partial charge < -0.3 is 10.6 Å². The van der Waals surface area contributed by atoms with Crippen molar-refractivity contribution in [1.82, 2.24) is 4.31 Å². The van der Waals surface area contributed by atoms with Gasteiger partial charge in [0.2, 0.25) is 21.8 Å². The maximum absolute atomic E-state index is 13.1. The third kappa shape index (κ3) is 5.18. The van der Waals surface area contributed by atoms with E-state index in [4.69, 9.17) is 0 Å². The zero-order chi connectivity index (χ0) is 21.0. The van der Waals surface area contributed by atoms with Crippen molar-refractivity contribution in [1.29, 1.82) is 0 Å². The van der Waals surface area contributed by atoms with Crippen molar-refractivity contribution in [3.8, 4) is 0 Å². The number of piperidine rings is 1. The topological polar surface area (TPSA) is 95.6 Å². The lowest BCUT2D eigenvalue weighted by Crippen LogP contribution is -2.43. The van der Waals surface area contributed by atoms with Crippen LogP contribution in [0.4, 0.5) is 15.8 Å². The van der Waals surface area contributed by atoms with Crippen LogP contribution < -0.4 is 10.6 Å². The van der Waals surface area contributed by atoms with Crippen LogP contribution in [-0.4, -0.2) is 37.6 Å². The quantitative estimate of drug-likeness (QED) is 0.779. The molecule has 1 aliphatic rings. The van der Waals surface area contributed by atoms with Crippen molar-refractivity contribution < 1.29 is 22.4 Å². The lowest BCUT2D eigenvalue weighted by molar-refractivity contribution is -0.121. The molecule has 7 nitrogen and oxygen atoms in total. The summed E-state index contributed by atoms with van der Waals surface area (Å²) in [5.41, 5.74) is 1.17. The predicted octanol–water partition coefficient (Wildman–Crippen LogP) is 2.82. The molecule has 0 aliphatic carbocycles. The van der Waals surface area contributed by atoms with Crippen LogP contribution in [0.15, 0.2) is 53.4 Å². The summed E-state index contributed by atoms with van der Waals surface area (Å²) in [6, 6.07) is 11.3. The molecule has 1 aliphatic heterocycles. The predicted molar refractivity (Wildman–Crippen MR) is 107 cm³/mol. The molecule has 154 valence electrons. The summed E-state index contributed by atoms with van der Waals surface area (Å²) < 4.78 is 39.9. The Balaban J connectivity index is 1.66. The third-order valence-electron chi connectivity index (χ3n) is 4.68. The molecule has 2 N–H and O–H groups in total. The number of rotatable bonds is 5. The van der Waals surface area contributed by atoms with Crippen LogP contribution in [-0.2, 0) is 19.6 Å². The summed E-state index contributed by atoms with van der Waals surface area (Å²) in [7, 11) is -3.79. The Kier molecular flexibility index (Phi) is 6.29. The molecule has 0 bridgehead atoms. The molecule has 29 heavy (non-hydrogen) atoms. The van der Waals surface area contributed by atoms with E-state index in [1.165, 1.54) is 23.4 Å². The molecule has 9 heteroatoms. The molecule has 0 radical (unpaired) electrons. The second-order valence-corrected chi connectivity index (χ2v) is 8.84. The Bertz CT molecular complexity index is 991. The van der Waals surface area contributed by atoms with Crippen LogP contribution in [0.25, 0.3) is 0 Å². The van der Waals surface area contributed by atoms with Gasteiger partial charge in [-0.2, -0.15) is 4.31 Å². The molecule has 2 aromatic carbocycles. The molecule has 2 aromatic rings. The van der Waals surface area contributed by atoms with Crippen LogP contribution >= 0.6 is 0 Å². The van der Waals surface area contributed by atoms with Gasteiger partial charge in [-0.05, 0) is 61.4 Å².